The SMILES string of the molecule is Bc1c(B)c(B)c2c(B)c(-c3c(B)c(B)c(-c4c5c(B)c(B)c(B)c(B)c5c(-c5cc6ccccc6c6ccccc56)c5c(B)c(B)c(B)c(B)c45)c4c(B)c(B)c(B)c(B)c34)c(B)c(B)c2c1B. The summed E-state index contributed by atoms with van der Waals surface area (Å²) >= 11 is 0. The van der Waals surface area contributed by atoms with Crippen LogP contribution in [-0.4, -0.2) is 165 Å². The lowest BCUT2D eigenvalue weighted by molar-refractivity contribution is 1.75. The van der Waals surface area contributed by atoms with Crippen LogP contribution in [0, 0.1) is 0 Å². The van der Waals surface area contributed by atoms with Gasteiger partial charge in [0.1, 0.15) is 165 Å². The molecule has 0 atom stereocenters. The first-order valence-electron chi connectivity index (χ1n) is 25.5. The number of hydrogen-bond acceptors (Lipinski definition) is 0. The Kier molecular flexibility index (Phi) is 11.5. The molecule has 0 bridgehead atoms. The molecule has 0 nitrogen and oxygen atoms in total. The molecule has 0 saturated heterocycles. The average Bonchev–Trinajstić information content (AvgIpc) is 3.34. The Labute approximate surface area is 429 Å². The summed E-state index contributed by atoms with van der Waals surface area (Å²) in [4.78, 5) is 0. The van der Waals surface area contributed by atoms with Crippen LogP contribution in [0.15, 0.2) is 54.6 Å². The molecule has 0 spiro atoms. The molecule has 0 aliphatic heterocycles. The van der Waals surface area contributed by atoms with Gasteiger partial charge in [0.05, 0.1) is 0 Å². The Morgan fingerprint density at radius 1 is 0.188 bits per heavy atom. The van der Waals surface area contributed by atoms with Gasteiger partial charge in [-0.1, -0.05) is 120 Å². The van der Waals surface area contributed by atoms with Crippen LogP contribution in [0.3, 0.4) is 0 Å². The summed E-state index contributed by atoms with van der Waals surface area (Å²) in [6.45, 7) is 0. The van der Waals surface area contributed by atoms with Crippen LogP contribution in [0.4, 0.5) is 0 Å². The topological polar surface area (TPSA) is 0 Å². The monoisotopic (exact) mass is 859 g/mol. The predicted molar refractivity (Wildman–Crippen MR) is 380 cm³/mol. The maximum Gasteiger partial charge on any atom is 0.140 e. The Morgan fingerprint density at radius 3 is 0.884 bits per heavy atom. The van der Waals surface area contributed by atoms with E-state index in [1.54, 1.807) is 0 Å². The first-order chi connectivity index (χ1) is 32.6. The van der Waals surface area contributed by atoms with Crippen molar-refractivity contribution < 1.29 is 0 Å². The van der Waals surface area contributed by atoms with Crippen molar-refractivity contribution in [3.05, 3.63) is 54.6 Å². The van der Waals surface area contributed by atoms with Crippen molar-refractivity contribution in [2.24, 2.45) is 0 Å². The fourth-order valence-electron chi connectivity index (χ4n) is 13.6. The molecule has 306 valence electrons. The van der Waals surface area contributed by atoms with Gasteiger partial charge in [0.15, 0.2) is 0 Å². The quantitative estimate of drug-likeness (QED) is 0.0944. The second kappa shape index (κ2) is 16.6. The summed E-state index contributed by atoms with van der Waals surface area (Å²) in [6, 6.07) is 20.7. The van der Waals surface area contributed by atoms with Gasteiger partial charge in [-0.05, 0) is 104 Å². The van der Waals surface area contributed by atoms with Crippen LogP contribution < -0.4 is 115 Å². The molecule has 10 aromatic rings. The zero-order chi connectivity index (χ0) is 49.9. The molecule has 0 N–H and O–H groups in total. The van der Waals surface area contributed by atoms with Gasteiger partial charge in [-0.2, -0.15) is 0 Å². The molecule has 10 aromatic carbocycles. The Morgan fingerprint density at radius 2 is 0.464 bits per heavy atom. The molecule has 0 aliphatic rings. The highest BCUT2D eigenvalue weighted by Crippen LogP contribution is 2.45. The smallest absolute Gasteiger partial charge is 0.101 e. The van der Waals surface area contributed by atoms with Crippen LogP contribution >= 0.6 is 0 Å². The summed E-state index contributed by atoms with van der Waals surface area (Å²) < 4.78 is 0. The minimum absolute atomic E-state index is 1.28. The van der Waals surface area contributed by atoms with Gasteiger partial charge in [-0.15, -0.1) is 43.7 Å². The van der Waals surface area contributed by atoms with E-state index in [0.29, 0.717) is 0 Å². The summed E-state index contributed by atoms with van der Waals surface area (Å²) in [5, 5.41) is 16.5. The maximum atomic E-state index is 2.51. The molecule has 0 amide bonds. The van der Waals surface area contributed by atoms with Gasteiger partial charge >= 0.3 is 0 Å². The molecular formula is C48H51B21. The van der Waals surface area contributed by atoms with E-state index >= 15 is 0 Å². The Hall–Kier alpha value is -4.88. The third kappa shape index (κ3) is 6.32. The van der Waals surface area contributed by atoms with Crippen LogP contribution in [0.2, 0.25) is 0 Å². The standard InChI is InChI=1S/C48H51B21/c49-28-25(37(58)38(59)27-26(28)39(60)47(68)48(69)40(27)61)24-23-22(35(56)45(66)46(67)36(23)57)21(29(50)30(24)51)16-19-17(31(52)41(62)43(64)33(19)54)15(18-20(16)34(55)44(65)42(63)32(18)53)14-9-10-5-1-2-6-11(10)12-7-3-4-8-13(12)14/h1-9H,49-69H2. The van der Waals surface area contributed by atoms with E-state index in [-0.39, 0.29) is 0 Å². The summed E-state index contributed by atoms with van der Waals surface area (Å²) in [6.07, 6.45) is 0. The third-order valence-corrected chi connectivity index (χ3v) is 19.2. The van der Waals surface area contributed by atoms with E-state index in [2.05, 4.69) is 219 Å². The van der Waals surface area contributed by atoms with Crippen molar-refractivity contribution in [1.29, 1.82) is 0 Å². The molecule has 0 heterocycles. The van der Waals surface area contributed by atoms with E-state index in [0.717, 1.165) is 0 Å². The molecule has 21 heteroatoms. The summed E-state index contributed by atoms with van der Waals surface area (Å²) in [5.74, 6) is 0. The number of fused-ring (bicyclic) bond motifs is 7. The minimum Gasteiger partial charge on any atom is -0.101 e. The largest absolute Gasteiger partial charge is 0.140 e. The van der Waals surface area contributed by atoms with Gasteiger partial charge < -0.3 is 0 Å². The number of rotatable bonds is 3. The number of hydrogen-bond donors (Lipinski definition) is 0. The molecule has 0 saturated carbocycles. The zero-order valence-electron chi connectivity index (χ0n) is 45.7. The molecule has 0 fully saturated rings. The van der Waals surface area contributed by atoms with Crippen molar-refractivity contribution in [2.45, 2.75) is 0 Å². The van der Waals surface area contributed by atoms with E-state index < -0.39 is 0 Å². The zero-order valence-corrected chi connectivity index (χ0v) is 45.7. The van der Waals surface area contributed by atoms with E-state index in [9.17, 15) is 0 Å². The molecular weight excluding hydrogens is 804 g/mol. The highest BCUT2D eigenvalue weighted by atomic mass is 14.3. The highest BCUT2D eigenvalue weighted by Gasteiger charge is 2.31. The Balaban J connectivity index is 1.53. The maximum absolute atomic E-state index is 2.51. The van der Waals surface area contributed by atoms with Crippen LogP contribution in [0.25, 0.3) is 98.0 Å². The second-order valence-electron chi connectivity index (χ2n) is 21.7. The first kappa shape index (κ1) is 47.8. The fraction of sp³-hybridized carbons (Fsp3) is 0. The van der Waals surface area contributed by atoms with E-state index in [4.69, 9.17) is 0 Å². The third-order valence-electron chi connectivity index (χ3n) is 19.2. The highest BCUT2D eigenvalue weighted by molar-refractivity contribution is 6.76. The van der Waals surface area contributed by atoms with Crippen molar-refractivity contribution >= 4 is 344 Å². The predicted octanol–water partition coefficient (Wildman–Crippen LogP) is -23.0. The lowest BCUT2D eigenvalue weighted by Gasteiger charge is -2.32. The van der Waals surface area contributed by atoms with Crippen LogP contribution in [0.5, 0.6) is 0 Å². The van der Waals surface area contributed by atoms with Gasteiger partial charge in [0, 0.05) is 0 Å². The normalized spacial score (nSPS) is 11.8. The lowest BCUT2D eigenvalue weighted by atomic mass is 9.55. The summed E-state index contributed by atoms with van der Waals surface area (Å²) in [5.41, 5.74) is 37.6. The van der Waals surface area contributed by atoms with Crippen LogP contribution in [-0.2, 0) is 0 Å². The lowest BCUT2D eigenvalue weighted by Crippen LogP contribution is -2.53. The van der Waals surface area contributed by atoms with Crippen molar-refractivity contribution in [2.75, 3.05) is 0 Å². The van der Waals surface area contributed by atoms with Crippen molar-refractivity contribution in [3.63, 3.8) is 0 Å². The molecule has 69 heavy (non-hydrogen) atoms. The van der Waals surface area contributed by atoms with E-state index in [1.165, 1.54) is 213 Å². The summed E-state index contributed by atoms with van der Waals surface area (Å²) in [7, 11) is 50.2. The fourth-order valence-corrected chi connectivity index (χ4v) is 13.6. The molecule has 0 aromatic heterocycles. The number of benzene rings is 10. The molecule has 0 aliphatic carbocycles. The molecule has 0 unspecified atom stereocenters. The van der Waals surface area contributed by atoms with Gasteiger partial charge in [-0.3, -0.25) is 0 Å². The molecule has 0 radical (unpaired) electrons. The van der Waals surface area contributed by atoms with E-state index in [1.807, 2.05) is 0 Å². The van der Waals surface area contributed by atoms with Crippen molar-refractivity contribution in [1.82, 2.24) is 0 Å². The average molecular weight is 855 g/mol. The van der Waals surface area contributed by atoms with Gasteiger partial charge in [0.25, 0.3) is 0 Å². The minimum atomic E-state index is 1.28. The Bertz CT molecular complexity index is 4010. The van der Waals surface area contributed by atoms with Gasteiger partial charge in [-0.25, -0.2) is 0 Å². The van der Waals surface area contributed by atoms with Crippen molar-refractivity contribution in [3.8, 4) is 33.4 Å². The first-order valence-corrected chi connectivity index (χ1v) is 25.5. The second-order valence-corrected chi connectivity index (χ2v) is 21.7. The van der Waals surface area contributed by atoms with Gasteiger partial charge in [0.2, 0.25) is 0 Å². The van der Waals surface area contributed by atoms with Crippen LogP contribution in [0.1, 0.15) is 0 Å². The molecule has 10 rings (SSSR count).